The van der Waals surface area contributed by atoms with Crippen LogP contribution in [0.25, 0.3) is 0 Å². The predicted molar refractivity (Wildman–Crippen MR) is 79.4 cm³/mol. The molecule has 0 fully saturated rings. The first kappa shape index (κ1) is 14.5. The van der Waals surface area contributed by atoms with Crippen LogP contribution in [0.1, 0.15) is 18.3 Å². The topological polar surface area (TPSA) is 62.3 Å². The summed E-state index contributed by atoms with van der Waals surface area (Å²) < 4.78 is 12.7. The smallest absolute Gasteiger partial charge is 0.146 e. The number of hydrogen-bond acceptors (Lipinski definition) is 4. The summed E-state index contributed by atoms with van der Waals surface area (Å²) in [6.07, 6.45) is 0. The lowest BCUT2D eigenvalue weighted by Gasteiger charge is -2.11. The monoisotopic (exact) mass is 295 g/mol. The lowest BCUT2D eigenvalue weighted by molar-refractivity contribution is 0.292. The van der Waals surface area contributed by atoms with Crippen molar-refractivity contribution in [3.8, 4) is 11.5 Å². The minimum Gasteiger partial charge on any atom is -0.497 e. The van der Waals surface area contributed by atoms with Gasteiger partial charge in [0.15, 0.2) is 0 Å². The van der Waals surface area contributed by atoms with Crippen molar-refractivity contribution in [3.05, 3.63) is 34.6 Å². The third-order valence-electron chi connectivity index (χ3n) is 3.04. The van der Waals surface area contributed by atoms with Crippen LogP contribution in [0.2, 0.25) is 5.02 Å². The molecule has 0 atom stereocenters. The van der Waals surface area contributed by atoms with Gasteiger partial charge < -0.3 is 15.2 Å². The Morgan fingerprint density at radius 1 is 1.40 bits per heavy atom. The average Bonchev–Trinajstić information content (AvgIpc) is 2.73. The van der Waals surface area contributed by atoms with Crippen molar-refractivity contribution in [2.45, 2.75) is 27.0 Å². The molecule has 0 saturated carbocycles. The van der Waals surface area contributed by atoms with Gasteiger partial charge in [0.1, 0.15) is 18.1 Å². The zero-order valence-electron chi connectivity index (χ0n) is 11.8. The summed E-state index contributed by atoms with van der Waals surface area (Å²) in [5.74, 6) is 1.27. The van der Waals surface area contributed by atoms with Crippen molar-refractivity contribution in [1.82, 2.24) is 9.78 Å². The highest BCUT2D eigenvalue weighted by atomic mass is 35.5. The molecule has 0 amide bonds. The maximum atomic E-state index is 6.24. The van der Waals surface area contributed by atoms with E-state index in [2.05, 4.69) is 5.10 Å². The molecule has 2 rings (SSSR count). The molecule has 0 unspecified atom stereocenters. The highest BCUT2D eigenvalue weighted by molar-refractivity contribution is 6.31. The maximum Gasteiger partial charge on any atom is 0.146 e. The summed E-state index contributed by atoms with van der Waals surface area (Å²) in [4.78, 5) is 0. The zero-order valence-corrected chi connectivity index (χ0v) is 12.6. The molecule has 0 saturated heterocycles. The Kier molecular flexibility index (Phi) is 4.39. The number of nitrogens with zero attached hydrogens (tertiary/aromatic N) is 2. The molecular formula is C14H18ClN3O2. The van der Waals surface area contributed by atoms with E-state index in [9.17, 15) is 0 Å². The van der Waals surface area contributed by atoms with Gasteiger partial charge in [-0.05, 0) is 26.0 Å². The van der Waals surface area contributed by atoms with Crippen molar-refractivity contribution in [2.75, 3.05) is 12.8 Å². The standard InChI is InChI=1S/C14H18ClN3O2/c1-4-18-12(14(15)9(2)17-18)8-20-13-7-10(19-3)5-6-11(13)16/h5-7H,4,8,16H2,1-3H3. The molecule has 1 aromatic carbocycles. The molecule has 0 radical (unpaired) electrons. The minimum atomic E-state index is 0.310. The molecule has 0 spiro atoms. The number of methoxy groups -OCH3 is 1. The average molecular weight is 296 g/mol. The summed E-state index contributed by atoms with van der Waals surface area (Å²) in [7, 11) is 1.60. The molecule has 20 heavy (non-hydrogen) atoms. The number of anilines is 1. The number of benzene rings is 1. The molecular weight excluding hydrogens is 278 g/mol. The normalized spacial score (nSPS) is 10.6. The van der Waals surface area contributed by atoms with Gasteiger partial charge in [-0.2, -0.15) is 5.10 Å². The van der Waals surface area contributed by atoms with Crippen LogP contribution >= 0.6 is 11.6 Å². The van der Waals surface area contributed by atoms with E-state index in [0.717, 1.165) is 17.9 Å². The van der Waals surface area contributed by atoms with Gasteiger partial charge in [0.25, 0.3) is 0 Å². The number of hydrogen-bond donors (Lipinski definition) is 1. The summed E-state index contributed by atoms with van der Waals surface area (Å²) in [6.45, 7) is 4.93. The van der Waals surface area contributed by atoms with Crippen molar-refractivity contribution in [3.63, 3.8) is 0 Å². The Labute approximate surface area is 123 Å². The fourth-order valence-corrected chi connectivity index (χ4v) is 2.11. The van der Waals surface area contributed by atoms with Crippen LogP contribution < -0.4 is 15.2 Å². The predicted octanol–water partition coefficient (Wildman–Crippen LogP) is 3.03. The summed E-state index contributed by atoms with van der Waals surface area (Å²) >= 11 is 6.24. The van der Waals surface area contributed by atoms with Crippen LogP contribution in [0.15, 0.2) is 18.2 Å². The van der Waals surface area contributed by atoms with Gasteiger partial charge in [0.2, 0.25) is 0 Å². The third kappa shape index (κ3) is 2.82. The minimum absolute atomic E-state index is 0.310. The molecule has 5 nitrogen and oxygen atoms in total. The number of aryl methyl sites for hydroxylation is 2. The van der Waals surface area contributed by atoms with Crippen LogP contribution in [-0.4, -0.2) is 16.9 Å². The SMILES string of the molecule is CCn1nc(C)c(Cl)c1COc1cc(OC)ccc1N. The molecule has 0 aliphatic rings. The number of nitrogen functional groups attached to an aromatic ring is 1. The number of nitrogens with two attached hydrogens (primary N) is 1. The quantitative estimate of drug-likeness (QED) is 0.861. The van der Waals surface area contributed by atoms with Crippen molar-refractivity contribution in [2.24, 2.45) is 0 Å². The number of aromatic nitrogens is 2. The first-order chi connectivity index (χ1) is 9.56. The van der Waals surface area contributed by atoms with Gasteiger partial charge >= 0.3 is 0 Å². The van der Waals surface area contributed by atoms with Crippen LogP contribution in [0.4, 0.5) is 5.69 Å². The second-order valence-corrected chi connectivity index (χ2v) is 4.73. The Balaban J connectivity index is 2.20. The van der Waals surface area contributed by atoms with Gasteiger partial charge in [-0.25, -0.2) is 0 Å². The summed E-state index contributed by atoms with van der Waals surface area (Å²) in [5.41, 5.74) is 8.08. The third-order valence-corrected chi connectivity index (χ3v) is 3.53. The van der Waals surface area contributed by atoms with Gasteiger partial charge in [-0.3, -0.25) is 4.68 Å². The molecule has 0 aliphatic carbocycles. The Hall–Kier alpha value is -1.88. The fourth-order valence-electron chi connectivity index (χ4n) is 1.92. The Morgan fingerprint density at radius 3 is 2.80 bits per heavy atom. The molecule has 6 heteroatoms. The Morgan fingerprint density at radius 2 is 2.15 bits per heavy atom. The van der Waals surface area contributed by atoms with E-state index in [1.807, 2.05) is 18.5 Å². The molecule has 0 aliphatic heterocycles. The van der Waals surface area contributed by atoms with Crippen LogP contribution in [0.5, 0.6) is 11.5 Å². The molecule has 1 aromatic heterocycles. The van der Waals surface area contributed by atoms with Crippen LogP contribution in [-0.2, 0) is 13.2 Å². The number of halogens is 1. The van der Waals surface area contributed by atoms with E-state index in [4.69, 9.17) is 26.8 Å². The second-order valence-electron chi connectivity index (χ2n) is 4.35. The van der Waals surface area contributed by atoms with Gasteiger partial charge in [-0.15, -0.1) is 0 Å². The first-order valence-corrected chi connectivity index (χ1v) is 6.72. The van der Waals surface area contributed by atoms with Gasteiger partial charge in [0.05, 0.1) is 29.2 Å². The summed E-state index contributed by atoms with van der Waals surface area (Å²) in [5, 5.41) is 4.98. The van der Waals surface area contributed by atoms with E-state index < -0.39 is 0 Å². The fraction of sp³-hybridized carbons (Fsp3) is 0.357. The van der Waals surface area contributed by atoms with E-state index in [1.165, 1.54) is 0 Å². The van der Waals surface area contributed by atoms with Crippen LogP contribution in [0, 0.1) is 6.92 Å². The zero-order chi connectivity index (χ0) is 14.7. The van der Waals surface area contributed by atoms with Crippen molar-refractivity contribution < 1.29 is 9.47 Å². The lowest BCUT2D eigenvalue weighted by atomic mass is 10.3. The van der Waals surface area contributed by atoms with E-state index >= 15 is 0 Å². The lowest BCUT2D eigenvalue weighted by Crippen LogP contribution is -2.07. The molecule has 0 bridgehead atoms. The largest absolute Gasteiger partial charge is 0.497 e. The van der Waals surface area contributed by atoms with E-state index in [0.29, 0.717) is 28.8 Å². The van der Waals surface area contributed by atoms with Gasteiger partial charge in [0, 0.05) is 12.6 Å². The van der Waals surface area contributed by atoms with Crippen LogP contribution in [0.3, 0.4) is 0 Å². The number of ether oxygens (including phenoxy) is 2. The molecule has 1 heterocycles. The van der Waals surface area contributed by atoms with Crippen molar-refractivity contribution >= 4 is 17.3 Å². The highest BCUT2D eigenvalue weighted by Crippen LogP contribution is 2.29. The van der Waals surface area contributed by atoms with E-state index in [1.54, 1.807) is 25.3 Å². The van der Waals surface area contributed by atoms with Crippen molar-refractivity contribution in [1.29, 1.82) is 0 Å². The molecule has 2 N–H and O–H groups in total. The molecule has 108 valence electrons. The number of rotatable bonds is 5. The summed E-state index contributed by atoms with van der Waals surface area (Å²) in [6, 6.07) is 5.29. The first-order valence-electron chi connectivity index (χ1n) is 6.34. The maximum absolute atomic E-state index is 6.24. The van der Waals surface area contributed by atoms with Gasteiger partial charge in [-0.1, -0.05) is 11.6 Å². The second kappa shape index (κ2) is 6.05. The highest BCUT2D eigenvalue weighted by Gasteiger charge is 2.14. The van der Waals surface area contributed by atoms with E-state index in [-0.39, 0.29) is 0 Å². The molecule has 2 aromatic rings. The Bertz CT molecular complexity index is 611.